The number of carbonyl (C=O) groups excluding carboxylic acids is 1. The molecule has 4 aromatic rings. The average molecular weight is 388 g/mol. The van der Waals surface area contributed by atoms with Crippen LogP contribution in [0.15, 0.2) is 66.0 Å². The third-order valence-electron chi connectivity index (χ3n) is 4.42. The fourth-order valence-electron chi connectivity index (χ4n) is 3.02. The first-order valence-electron chi connectivity index (χ1n) is 9.13. The predicted molar refractivity (Wildman–Crippen MR) is 115 cm³/mol. The molecular formula is C23H20N2O2S. The van der Waals surface area contributed by atoms with Gasteiger partial charge in [0, 0.05) is 22.7 Å². The minimum Gasteiger partial charge on any atom is -0.493 e. The Labute approximate surface area is 167 Å². The molecule has 2 aromatic heterocycles. The van der Waals surface area contributed by atoms with Crippen molar-refractivity contribution in [3.63, 3.8) is 0 Å². The molecular weight excluding hydrogens is 368 g/mol. The van der Waals surface area contributed by atoms with E-state index >= 15 is 0 Å². The molecule has 4 nitrogen and oxygen atoms in total. The SMILES string of the molecule is CCOc1cc(-c2ccc(C)cc2)nc2ccc(NC(=O)c3cccs3)cc12. The Morgan fingerprint density at radius 1 is 1.11 bits per heavy atom. The molecule has 0 spiro atoms. The monoisotopic (exact) mass is 388 g/mol. The second-order valence-electron chi connectivity index (χ2n) is 6.47. The number of carbonyl (C=O) groups is 1. The number of benzene rings is 2. The fourth-order valence-corrected chi connectivity index (χ4v) is 3.64. The lowest BCUT2D eigenvalue weighted by Gasteiger charge is -2.12. The standard InChI is InChI=1S/C23H20N2O2S/c1-3-27-21-14-20(16-8-6-15(2)7-9-16)25-19-11-10-17(13-18(19)21)24-23(26)22-5-4-12-28-22/h4-14H,3H2,1-2H3,(H,24,26). The van der Waals surface area contributed by atoms with Gasteiger partial charge in [0.2, 0.25) is 0 Å². The Balaban J connectivity index is 1.73. The number of rotatable bonds is 5. The lowest BCUT2D eigenvalue weighted by molar-refractivity contribution is 0.103. The number of fused-ring (bicyclic) bond motifs is 1. The van der Waals surface area contributed by atoms with Crippen LogP contribution in [0, 0.1) is 6.92 Å². The van der Waals surface area contributed by atoms with Crippen LogP contribution in [0.2, 0.25) is 0 Å². The molecule has 0 saturated carbocycles. The molecule has 0 aliphatic carbocycles. The highest BCUT2D eigenvalue weighted by molar-refractivity contribution is 7.12. The summed E-state index contributed by atoms with van der Waals surface area (Å²) in [6.07, 6.45) is 0. The van der Waals surface area contributed by atoms with E-state index < -0.39 is 0 Å². The molecule has 4 rings (SSSR count). The van der Waals surface area contributed by atoms with Crippen LogP contribution in [-0.4, -0.2) is 17.5 Å². The molecule has 0 aliphatic heterocycles. The molecule has 1 N–H and O–H groups in total. The Morgan fingerprint density at radius 2 is 1.93 bits per heavy atom. The maximum Gasteiger partial charge on any atom is 0.265 e. The van der Waals surface area contributed by atoms with Crippen LogP contribution < -0.4 is 10.1 Å². The van der Waals surface area contributed by atoms with Gasteiger partial charge in [-0.1, -0.05) is 35.9 Å². The van der Waals surface area contributed by atoms with Crippen molar-refractivity contribution in [1.82, 2.24) is 4.98 Å². The van der Waals surface area contributed by atoms with Crippen LogP contribution in [0.25, 0.3) is 22.2 Å². The van der Waals surface area contributed by atoms with Crippen molar-refractivity contribution in [2.45, 2.75) is 13.8 Å². The van der Waals surface area contributed by atoms with Gasteiger partial charge in [-0.3, -0.25) is 4.79 Å². The molecule has 140 valence electrons. The molecule has 0 unspecified atom stereocenters. The highest BCUT2D eigenvalue weighted by Gasteiger charge is 2.12. The molecule has 0 bridgehead atoms. The quantitative estimate of drug-likeness (QED) is 0.461. The van der Waals surface area contributed by atoms with Crippen LogP contribution in [0.5, 0.6) is 5.75 Å². The summed E-state index contributed by atoms with van der Waals surface area (Å²) in [4.78, 5) is 17.8. The van der Waals surface area contributed by atoms with Crippen LogP contribution in [-0.2, 0) is 0 Å². The van der Waals surface area contributed by atoms with E-state index in [-0.39, 0.29) is 5.91 Å². The minimum atomic E-state index is -0.114. The Morgan fingerprint density at radius 3 is 2.64 bits per heavy atom. The molecule has 0 aliphatic rings. The number of aromatic nitrogens is 1. The molecule has 5 heteroatoms. The van der Waals surface area contributed by atoms with Crippen molar-refractivity contribution in [3.05, 3.63) is 76.5 Å². The second-order valence-corrected chi connectivity index (χ2v) is 7.42. The van der Waals surface area contributed by atoms with Crippen molar-refractivity contribution in [3.8, 4) is 17.0 Å². The first-order valence-corrected chi connectivity index (χ1v) is 10.0. The number of hydrogen-bond donors (Lipinski definition) is 1. The summed E-state index contributed by atoms with van der Waals surface area (Å²) in [6.45, 7) is 4.58. The number of amides is 1. The smallest absolute Gasteiger partial charge is 0.265 e. The van der Waals surface area contributed by atoms with Gasteiger partial charge < -0.3 is 10.1 Å². The van der Waals surface area contributed by atoms with E-state index in [0.29, 0.717) is 11.5 Å². The summed E-state index contributed by atoms with van der Waals surface area (Å²) in [6, 6.07) is 19.6. The Hall–Kier alpha value is -3.18. The molecule has 2 heterocycles. The van der Waals surface area contributed by atoms with Gasteiger partial charge in [0.1, 0.15) is 5.75 Å². The number of nitrogens with one attached hydrogen (secondary N) is 1. The van der Waals surface area contributed by atoms with Gasteiger partial charge in [-0.15, -0.1) is 11.3 Å². The molecule has 0 atom stereocenters. The highest BCUT2D eigenvalue weighted by Crippen LogP contribution is 2.32. The van der Waals surface area contributed by atoms with E-state index in [1.807, 2.05) is 48.7 Å². The zero-order valence-electron chi connectivity index (χ0n) is 15.7. The molecule has 2 aromatic carbocycles. The van der Waals surface area contributed by atoms with Crippen molar-refractivity contribution in [2.24, 2.45) is 0 Å². The number of thiophene rings is 1. The van der Waals surface area contributed by atoms with Crippen LogP contribution in [0.1, 0.15) is 22.2 Å². The maximum absolute atomic E-state index is 12.3. The third-order valence-corrected chi connectivity index (χ3v) is 5.29. The zero-order chi connectivity index (χ0) is 19.5. The Kier molecular flexibility index (Phi) is 5.08. The van der Waals surface area contributed by atoms with Gasteiger partial charge in [-0.2, -0.15) is 0 Å². The number of hydrogen-bond acceptors (Lipinski definition) is 4. The Bertz CT molecular complexity index is 1120. The van der Waals surface area contributed by atoms with Gasteiger partial charge in [0.15, 0.2) is 0 Å². The van der Waals surface area contributed by atoms with Gasteiger partial charge in [-0.25, -0.2) is 4.98 Å². The first-order chi connectivity index (χ1) is 13.6. The van der Waals surface area contributed by atoms with E-state index in [1.54, 1.807) is 0 Å². The van der Waals surface area contributed by atoms with Crippen molar-refractivity contribution >= 4 is 33.8 Å². The number of aryl methyl sites for hydroxylation is 1. The predicted octanol–water partition coefficient (Wildman–Crippen LogP) is 5.92. The zero-order valence-corrected chi connectivity index (χ0v) is 16.5. The highest BCUT2D eigenvalue weighted by atomic mass is 32.1. The van der Waals surface area contributed by atoms with E-state index in [9.17, 15) is 4.79 Å². The van der Waals surface area contributed by atoms with E-state index in [2.05, 4.69) is 36.5 Å². The average Bonchev–Trinajstić information content (AvgIpc) is 3.24. The van der Waals surface area contributed by atoms with Gasteiger partial charge in [-0.05, 0) is 43.5 Å². The summed E-state index contributed by atoms with van der Waals surface area (Å²) in [7, 11) is 0. The third kappa shape index (κ3) is 3.75. The lowest BCUT2D eigenvalue weighted by Crippen LogP contribution is -2.10. The topological polar surface area (TPSA) is 51.2 Å². The number of nitrogens with zero attached hydrogens (tertiary/aromatic N) is 1. The molecule has 1 amide bonds. The first kappa shape index (κ1) is 18.2. The normalized spacial score (nSPS) is 10.8. The minimum absolute atomic E-state index is 0.114. The summed E-state index contributed by atoms with van der Waals surface area (Å²) >= 11 is 1.42. The number of ether oxygens (including phenoxy) is 1. The molecule has 0 saturated heterocycles. The molecule has 0 fully saturated rings. The summed E-state index contributed by atoms with van der Waals surface area (Å²) < 4.78 is 5.89. The van der Waals surface area contributed by atoms with Crippen molar-refractivity contribution in [2.75, 3.05) is 11.9 Å². The van der Waals surface area contributed by atoms with E-state index in [0.717, 1.165) is 33.6 Å². The van der Waals surface area contributed by atoms with E-state index in [1.165, 1.54) is 16.9 Å². The summed E-state index contributed by atoms with van der Waals surface area (Å²) in [5.41, 5.74) is 4.67. The van der Waals surface area contributed by atoms with Gasteiger partial charge >= 0.3 is 0 Å². The van der Waals surface area contributed by atoms with Crippen LogP contribution in [0.3, 0.4) is 0 Å². The van der Waals surface area contributed by atoms with Crippen LogP contribution >= 0.6 is 11.3 Å². The molecule has 28 heavy (non-hydrogen) atoms. The fraction of sp³-hybridized carbons (Fsp3) is 0.130. The second kappa shape index (κ2) is 7.82. The molecule has 0 radical (unpaired) electrons. The summed E-state index contributed by atoms with van der Waals surface area (Å²) in [5, 5.41) is 5.71. The number of pyridine rings is 1. The maximum atomic E-state index is 12.3. The summed E-state index contributed by atoms with van der Waals surface area (Å²) in [5.74, 6) is 0.645. The lowest BCUT2D eigenvalue weighted by atomic mass is 10.1. The number of anilines is 1. The van der Waals surface area contributed by atoms with E-state index in [4.69, 9.17) is 9.72 Å². The van der Waals surface area contributed by atoms with Crippen molar-refractivity contribution in [1.29, 1.82) is 0 Å². The van der Waals surface area contributed by atoms with Crippen molar-refractivity contribution < 1.29 is 9.53 Å². The largest absolute Gasteiger partial charge is 0.493 e. The van der Waals surface area contributed by atoms with Gasteiger partial charge in [0.05, 0.1) is 22.7 Å². The van der Waals surface area contributed by atoms with Crippen LogP contribution in [0.4, 0.5) is 5.69 Å². The van der Waals surface area contributed by atoms with Gasteiger partial charge in [0.25, 0.3) is 5.91 Å².